The van der Waals surface area contributed by atoms with E-state index in [1.807, 2.05) is 31.3 Å². The zero-order chi connectivity index (χ0) is 12.5. The summed E-state index contributed by atoms with van der Waals surface area (Å²) >= 11 is 0. The van der Waals surface area contributed by atoms with Gasteiger partial charge in [-0.1, -0.05) is 12.1 Å². The number of benzene rings is 1. The summed E-state index contributed by atoms with van der Waals surface area (Å²) in [6.07, 6.45) is 1.24. The summed E-state index contributed by atoms with van der Waals surface area (Å²) in [4.78, 5) is 9.35. The normalized spacial score (nSPS) is 11.9. The Labute approximate surface area is 100 Å². The van der Waals surface area contributed by atoms with Gasteiger partial charge in [-0.2, -0.15) is 0 Å². The van der Waals surface area contributed by atoms with Crippen molar-refractivity contribution in [3.8, 4) is 0 Å². The molecule has 1 N–H and O–H groups in total. The van der Waals surface area contributed by atoms with E-state index in [2.05, 4.69) is 9.97 Å². The lowest BCUT2D eigenvalue weighted by Gasteiger charge is -2.14. The van der Waals surface area contributed by atoms with E-state index in [0.717, 1.165) is 11.0 Å². The number of hydrogen-bond acceptors (Lipinski definition) is 4. The third-order valence-electron chi connectivity index (χ3n) is 2.54. The third kappa shape index (κ3) is 2.97. The molecule has 0 saturated heterocycles. The minimum atomic E-state index is -2.94. The fourth-order valence-electron chi connectivity index (χ4n) is 1.53. The van der Waals surface area contributed by atoms with Gasteiger partial charge in [-0.3, -0.25) is 0 Å². The van der Waals surface area contributed by atoms with Gasteiger partial charge in [0.1, 0.15) is 9.84 Å². The van der Waals surface area contributed by atoms with Gasteiger partial charge in [0.15, 0.2) is 0 Å². The van der Waals surface area contributed by atoms with Crippen LogP contribution in [0.2, 0.25) is 0 Å². The average molecular weight is 253 g/mol. The van der Waals surface area contributed by atoms with Gasteiger partial charge in [-0.15, -0.1) is 0 Å². The van der Waals surface area contributed by atoms with Crippen LogP contribution in [-0.4, -0.2) is 44.0 Å². The number of aromatic nitrogens is 2. The average Bonchev–Trinajstić information content (AvgIpc) is 2.68. The van der Waals surface area contributed by atoms with Gasteiger partial charge < -0.3 is 9.88 Å². The van der Waals surface area contributed by atoms with E-state index < -0.39 is 9.84 Å². The summed E-state index contributed by atoms with van der Waals surface area (Å²) in [5, 5.41) is 0. The van der Waals surface area contributed by atoms with Gasteiger partial charge in [-0.25, -0.2) is 13.4 Å². The van der Waals surface area contributed by atoms with Crippen LogP contribution < -0.4 is 4.90 Å². The second-order valence-electron chi connectivity index (χ2n) is 4.13. The molecule has 0 radical (unpaired) electrons. The lowest BCUT2D eigenvalue weighted by molar-refractivity contribution is 0.601. The molecule has 0 atom stereocenters. The highest BCUT2D eigenvalue weighted by Crippen LogP contribution is 2.15. The number of anilines is 1. The standard InChI is InChI=1S/C11H15N3O2S/c1-14(7-8-17(2,15)16)11-12-9-5-3-4-6-10(9)13-11/h3-6H,7-8H2,1-2H3,(H,12,13). The van der Waals surface area contributed by atoms with E-state index in [4.69, 9.17) is 0 Å². The summed E-state index contributed by atoms with van der Waals surface area (Å²) in [5.41, 5.74) is 1.84. The van der Waals surface area contributed by atoms with Crippen molar-refractivity contribution in [2.24, 2.45) is 0 Å². The van der Waals surface area contributed by atoms with Crippen LogP contribution in [0.1, 0.15) is 0 Å². The largest absolute Gasteiger partial charge is 0.344 e. The highest BCUT2D eigenvalue weighted by Gasteiger charge is 2.09. The van der Waals surface area contributed by atoms with Crippen LogP contribution in [0.5, 0.6) is 0 Å². The number of rotatable bonds is 4. The van der Waals surface area contributed by atoms with E-state index in [0.29, 0.717) is 12.5 Å². The van der Waals surface area contributed by atoms with Crippen LogP contribution in [0, 0.1) is 0 Å². The second kappa shape index (κ2) is 4.37. The first-order valence-corrected chi connectivity index (χ1v) is 7.35. The Hall–Kier alpha value is -1.56. The molecule has 0 spiro atoms. The molecular formula is C11H15N3O2S. The molecule has 0 aliphatic heterocycles. The predicted octanol–water partition coefficient (Wildman–Crippen LogP) is 1.04. The Balaban J connectivity index is 2.16. The van der Waals surface area contributed by atoms with Crippen LogP contribution in [0.4, 0.5) is 5.95 Å². The fraction of sp³-hybridized carbons (Fsp3) is 0.364. The third-order valence-corrected chi connectivity index (χ3v) is 3.46. The molecular weight excluding hydrogens is 238 g/mol. The number of sulfone groups is 1. The van der Waals surface area contributed by atoms with Crippen LogP contribution in [0.15, 0.2) is 24.3 Å². The molecule has 0 unspecified atom stereocenters. The van der Waals surface area contributed by atoms with Crippen LogP contribution in [0.25, 0.3) is 11.0 Å². The number of fused-ring (bicyclic) bond motifs is 1. The van der Waals surface area contributed by atoms with Crippen molar-refractivity contribution in [3.63, 3.8) is 0 Å². The number of hydrogen-bond donors (Lipinski definition) is 1. The van der Waals surface area contributed by atoms with E-state index >= 15 is 0 Å². The topological polar surface area (TPSA) is 66.1 Å². The van der Waals surface area contributed by atoms with Crippen molar-refractivity contribution in [3.05, 3.63) is 24.3 Å². The molecule has 0 saturated carbocycles. The molecule has 0 aliphatic rings. The van der Waals surface area contributed by atoms with Gasteiger partial charge in [-0.05, 0) is 12.1 Å². The van der Waals surface area contributed by atoms with Gasteiger partial charge in [0.2, 0.25) is 5.95 Å². The van der Waals surface area contributed by atoms with Gasteiger partial charge in [0, 0.05) is 19.8 Å². The minimum Gasteiger partial charge on any atom is -0.344 e. The summed E-state index contributed by atoms with van der Waals surface area (Å²) in [6.45, 7) is 0.429. The zero-order valence-corrected chi connectivity index (χ0v) is 10.7. The molecule has 1 heterocycles. The van der Waals surface area contributed by atoms with Crippen LogP contribution in [-0.2, 0) is 9.84 Å². The summed E-state index contributed by atoms with van der Waals surface area (Å²) < 4.78 is 22.2. The molecule has 0 fully saturated rings. The Kier molecular flexibility index (Phi) is 3.06. The minimum absolute atomic E-state index is 0.126. The predicted molar refractivity (Wildman–Crippen MR) is 69.1 cm³/mol. The Morgan fingerprint density at radius 2 is 2.06 bits per heavy atom. The maximum absolute atomic E-state index is 11.1. The SMILES string of the molecule is CN(CCS(C)(=O)=O)c1nc2ccccc2[nH]1. The number of para-hydroxylation sites is 2. The highest BCUT2D eigenvalue weighted by molar-refractivity contribution is 7.90. The number of nitrogens with one attached hydrogen (secondary N) is 1. The first kappa shape index (κ1) is 11.9. The molecule has 2 aromatic rings. The molecule has 0 amide bonds. The molecule has 1 aromatic carbocycles. The fourth-order valence-corrected chi connectivity index (χ4v) is 2.13. The van der Waals surface area contributed by atoms with E-state index in [1.54, 1.807) is 4.90 Å². The lowest BCUT2D eigenvalue weighted by Crippen LogP contribution is -2.25. The maximum atomic E-state index is 11.1. The van der Waals surface area contributed by atoms with Crippen molar-refractivity contribution >= 4 is 26.8 Å². The number of H-pyrrole nitrogens is 1. The zero-order valence-electron chi connectivity index (χ0n) is 9.84. The van der Waals surface area contributed by atoms with Crippen LogP contribution >= 0.6 is 0 Å². The molecule has 2 rings (SSSR count). The Morgan fingerprint density at radius 3 is 2.71 bits per heavy atom. The van der Waals surface area contributed by atoms with Crippen molar-refractivity contribution in [1.29, 1.82) is 0 Å². The quantitative estimate of drug-likeness (QED) is 0.884. The molecule has 17 heavy (non-hydrogen) atoms. The van der Waals surface area contributed by atoms with Crippen molar-refractivity contribution < 1.29 is 8.42 Å². The highest BCUT2D eigenvalue weighted by atomic mass is 32.2. The number of aromatic amines is 1. The van der Waals surface area contributed by atoms with Gasteiger partial charge in [0.25, 0.3) is 0 Å². The number of imidazole rings is 1. The monoisotopic (exact) mass is 253 g/mol. The van der Waals surface area contributed by atoms with Gasteiger partial charge in [0.05, 0.1) is 16.8 Å². The Bertz CT molecular complexity index is 585. The molecule has 6 heteroatoms. The van der Waals surface area contributed by atoms with Crippen molar-refractivity contribution in [2.75, 3.05) is 30.5 Å². The molecule has 0 bridgehead atoms. The molecule has 0 aliphatic carbocycles. The van der Waals surface area contributed by atoms with E-state index in [1.165, 1.54) is 6.26 Å². The van der Waals surface area contributed by atoms with Crippen molar-refractivity contribution in [2.45, 2.75) is 0 Å². The summed E-state index contributed by atoms with van der Waals surface area (Å²) in [7, 11) is -1.12. The van der Waals surface area contributed by atoms with Crippen molar-refractivity contribution in [1.82, 2.24) is 9.97 Å². The smallest absolute Gasteiger partial charge is 0.203 e. The second-order valence-corrected chi connectivity index (χ2v) is 6.39. The van der Waals surface area contributed by atoms with Gasteiger partial charge >= 0.3 is 0 Å². The first-order valence-electron chi connectivity index (χ1n) is 5.29. The summed E-state index contributed by atoms with van der Waals surface area (Å²) in [6, 6.07) is 7.71. The lowest BCUT2D eigenvalue weighted by atomic mass is 10.3. The maximum Gasteiger partial charge on any atom is 0.203 e. The molecule has 92 valence electrons. The number of nitrogens with zero attached hydrogens (tertiary/aromatic N) is 2. The first-order chi connectivity index (χ1) is 7.96. The summed E-state index contributed by atoms with van der Waals surface area (Å²) in [5.74, 6) is 0.815. The van der Waals surface area contributed by atoms with E-state index in [9.17, 15) is 8.42 Å². The molecule has 1 aromatic heterocycles. The van der Waals surface area contributed by atoms with Crippen LogP contribution in [0.3, 0.4) is 0 Å². The molecule has 5 nitrogen and oxygen atoms in total. The Morgan fingerprint density at radius 1 is 1.35 bits per heavy atom. The van der Waals surface area contributed by atoms with E-state index in [-0.39, 0.29) is 5.75 Å².